The Hall–Kier alpha value is -1.47. The summed E-state index contributed by atoms with van der Waals surface area (Å²) in [5.74, 6) is 0. The second-order valence-electron chi connectivity index (χ2n) is 3.76. The lowest BCUT2D eigenvalue weighted by molar-refractivity contribution is 1.23. The maximum Gasteiger partial charge on any atom is 0.00923 e. The van der Waals surface area contributed by atoms with E-state index < -0.39 is 0 Å². The monoisotopic (exact) mass is 226 g/mol. The van der Waals surface area contributed by atoms with Gasteiger partial charge in [-0.15, -0.1) is 0 Å². The summed E-state index contributed by atoms with van der Waals surface area (Å²) in [5.41, 5.74) is 2.33. The zero-order chi connectivity index (χ0) is 11.4. The Morgan fingerprint density at radius 2 is 1.69 bits per heavy atom. The van der Waals surface area contributed by atoms with Gasteiger partial charge in [-0.25, -0.2) is 0 Å². The highest BCUT2D eigenvalue weighted by atomic mass is 32.1. The Labute approximate surface area is 102 Å². The van der Waals surface area contributed by atoms with Crippen LogP contribution < -0.4 is 0 Å². The molecular weight excluding hydrogens is 212 g/mol. The summed E-state index contributed by atoms with van der Waals surface area (Å²) in [5, 5.41) is 4.26. The zero-order valence-electron chi connectivity index (χ0n) is 9.31. The molecule has 0 nitrogen and oxygen atoms in total. The van der Waals surface area contributed by atoms with Crippen LogP contribution in [0.25, 0.3) is 16.8 Å². The van der Waals surface area contributed by atoms with E-state index in [9.17, 15) is 0 Å². The summed E-state index contributed by atoms with van der Waals surface area (Å²) in [6.07, 6.45) is 5.35. The molecule has 0 heterocycles. The molecule has 0 aromatic heterocycles. The zero-order valence-corrected chi connectivity index (χ0v) is 10.1. The molecule has 80 valence electrons. The van der Waals surface area contributed by atoms with Crippen LogP contribution in [0.2, 0.25) is 0 Å². The Morgan fingerprint density at radius 1 is 1.06 bits per heavy atom. The fourth-order valence-electron chi connectivity index (χ4n) is 1.77. The lowest BCUT2D eigenvalue weighted by Gasteiger charge is -2.04. The largest absolute Gasteiger partial charge is 0.0881 e. The van der Waals surface area contributed by atoms with Crippen molar-refractivity contribution >= 4 is 34.4 Å². The van der Waals surface area contributed by atoms with Crippen LogP contribution in [0.1, 0.15) is 24.5 Å². The van der Waals surface area contributed by atoms with Crippen molar-refractivity contribution in [3.05, 3.63) is 53.6 Å². The van der Waals surface area contributed by atoms with Gasteiger partial charge in [0.15, 0.2) is 0 Å². The molecule has 0 aliphatic carbocycles. The highest BCUT2D eigenvalue weighted by Gasteiger charge is 1.99. The molecule has 0 radical (unpaired) electrons. The molecule has 0 bridgehead atoms. The van der Waals surface area contributed by atoms with E-state index in [1.807, 2.05) is 0 Å². The van der Waals surface area contributed by atoms with E-state index in [-0.39, 0.29) is 0 Å². The smallest absolute Gasteiger partial charge is 0.00923 e. The Balaban J connectivity index is 2.62. The van der Waals surface area contributed by atoms with Crippen LogP contribution in [0.3, 0.4) is 0 Å². The van der Waals surface area contributed by atoms with Crippen molar-refractivity contribution in [3.63, 3.8) is 0 Å². The highest BCUT2D eigenvalue weighted by Crippen LogP contribution is 2.20. The van der Waals surface area contributed by atoms with E-state index in [0.717, 1.165) is 12.0 Å². The topological polar surface area (TPSA) is 0 Å². The molecule has 16 heavy (non-hydrogen) atoms. The SMILES string of the molecule is CC/C=C\c1cc2ccccc2cc1C=S. The molecule has 2 aromatic carbocycles. The van der Waals surface area contributed by atoms with Crippen LogP contribution in [0.15, 0.2) is 42.5 Å². The normalized spacial score (nSPS) is 11.1. The number of hydrogen-bond donors (Lipinski definition) is 0. The Kier molecular flexibility index (Phi) is 3.47. The molecule has 0 aliphatic rings. The molecule has 0 unspecified atom stereocenters. The van der Waals surface area contributed by atoms with Crippen molar-refractivity contribution in [2.45, 2.75) is 13.3 Å². The first-order valence-electron chi connectivity index (χ1n) is 5.49. The lowest BCUT2D eigenvalue weighted by Crippen LogP contribution is -1.86. The van der Waals surface area contributed by atoms with Gasteiger partial charge in [0.1, 0.15) is 0 Å². The predicted octanol–water partition coefficient (Wildman–Crippen LogP) is 4.61. The minimum Gasteiger partial charge on any atom is -0.0881 e. The van der Waals surface area contributed by atoms with Crippen LogP contribution in [0.5, 0.6) is 0 Å². The summed E-state index contributed by atoms with van der Waals surface area (Å²) in [7, 11) is 0. The predicted molar refractivity (Wildman–Crippen MR) is 76.0 cm³/mol. The first kappa shape index (κ1) is 11.0. The molecule has 1 heteroatoms. The van der Waals surface area contributed by atoms with Crippen LogP contribution in [0, 0.1) is 0 Å². The number of fused-ring (bicyclic) bond motifs is 1. The number of allylic oxidation sites excluding steroid dienone is 1. The maximum atomic E-state index is 5.06. The van der Waals surface area contributed by atoms with Crippen LogP contribution in [-0.4, -0.2) is 5.37 Å². The fourth-order valence-corrected chi connectivity index (χ4v) is 1.97. The number of rotatable bonds is 3. The number of thiocarbonyl (C=S) groups is 1. The first-order valence-corrected chi connectivity index (χ1v) is 5.97. The summed E-state index contributed by atoms with van der Waals surface area (Å²) in [4.78, 5) is 0. The van der Waals surface area contributed by atoms with E-state index in [1.54, 1.807) is 5.37 Å². The average molecular weight is 226 g/mol. The van der Waals surface area contributed by atoms with Crippen LogP contribution >= 0.6 is 12.2 Å². The summed E-state index contributed by atoms with van der Waals surface area (Å²) >= 11 is 5.06. The molecule has 0 saturated carbocycles. The molecule has 0 saturated heterocycles. The first-order chi connectivity index (χ1) is 7.85. The van der Waals surface area contributed by atoms with Gasteiger partial charge in [-0.2, -0.15) is 0 Å². The Bertz CT molecular complexity index is 538. The lowest BCUT2D eigenvalue weighted by atomic mass is 10.0. The third-order valence-corrected chi connectivity index (χ3v) is 2.87. The third kappa shape index (κ3) is 2.20. The van der Waals surface area contributed by atoms with Gasteiger partial charge < -0.3 is 0 Å². The number of benzene rings is 2. The van der Waals surface area contributed by atoms with E-state index >= 15 is 0 Å². The Morgan fingerprint density at radius 3 is 2.25 bits per heavy atom. The van der Waals surface area contributed by atoms with Gasteiger partial charge in [-0.1, -0.05) is 55.6 Å². The molecule has 0 amide bonds. The average Bonchev–Trinajstić information content (AvgIpc) is 2.35. The molecule has 0 fully saturated rings. The van der Waals surface area contributed by atoms with Gasteiger partial charge in [-0.05, 0) is 40.5 Å². The quantitative estimate of drug-likeness (QED) is 0.689. The van der Waals surface area contributed by atoms with E-state index in [4.69, 9.17) is 12.2 Å². The highest BCUT2D eigenvalue weighted by molar-refractivity contribution is 7.79. The van der Waals surface area contributed by atoms with Gasteiger partial charge in [0.25, 0.3) is 0 Å². The van der Waals surface area contributed by atoms with E-state index in [0.29, 0.717) is 0 Å². The van der Waals surface area contributed by atoms with Crippen molar-refractivity contribution < 1.29 is 0 Å². The fraction of sp³-hybridized carbons (Fsp3) is 0.133. The van der Waals surface area contributed by atoms with Crippen molar-refractivity contribution in [1.29, 1.82) is 0 Å². The minimum absolute atomic E-state index is 1.05. The van der Waals surface area contributed by atoms with Gasteiger partial charge >= 0.3 is 0 Å². The van der Waals surface area contributed by atoms with Crippen molar-refractivity contribution in [2.24, 2.45) is 0 Å². The molecular formula is C15H14S. The van der Waals surface area contributed by atoms with E-state index in [1.165, 1.54) is 16.3 Å². The van der Waals surface area contributed by atoms with Crippen molar-refractivity contribution in [1.82, 2.24) is 0 Å². The molecule has 0 aliphatic heterocycles. The van der Waals surface area contributed by atoms with Gasteiger partial charge in [-0.3, -0.25) is 0 Å². The van der Waals surface area contributed by atoms with Gasteiger partial charge in [0, 0.05) is 5.37 Å². The minimum atomic E-state index is 1.05. The van der Waals surface area contributed by atoms with Crippen molar-refractivity contribution in [2.75, 3.05) is 0 Å². The molecule has 0 spiro atoms. The number of hydrogen-bond acceptors (Lipinski definition) is 1. The second-order valence-corrected chi connectivity index (χ2v) is 3.99. The van der Waals surface area contributed by atoms with Crippen LogP contribution in [-0.2, 0) is 0 Å². The second kappa shape index (κ2) is 5.04. The van der Waals surface area contributed by atoms with Crippen molar-refractivity contribution in [3.8, 4) is 0 Å². The van der Waals surface area contributed by atoms with Gasteiger partial charge in [0.05, 0.1) is 0 Å². The molecule has 0 N–H and O–H groups in total. The molecule has 2 rings (SSSR count). The third-order valence-electron chi connectivity index (χ3n) is 2.61. The molecule has 2 aromatic rings. The summed E-state index contributed by atoms with van der Waals surface area (Å²) in [6.45, 7) is 2.13. The van der Waals surface area contributed by atoms with Crippen LogP contribution in [0.4, 0.5) is 0 Å². The van der Waals surface area contributed by atoms with E-state index in [2.05, 4.69) is 55.5 Å². The molecule has 0 atom stereocenters. The summed E-state index contributed by atoms with van der Waals surface area (Å²) < 4.78 is 0. The maximum absolute atomic E-state index is 5.06. The van der Waals surface area contributed by atoms with Gasteiger partial charge in [0.2, 0.25) is 0 Å². The summed E-state index contributed by atoms with van der Waals surface area (Å²) in [6, 6.07) is 12.7. The standard InChI is InChI=1S/C15H14S/c1-2-3-6-14-9-12-7-4-5-8-13(12)10-15(14)11-16/h3-11H,2H2,1H3/b6-3-.